The fraction of sp³-hybridized carbons (Fsp3) is 0.786. The number of carbonyl (C=O) groups excluding carboxylic acids is 3. The topological polar surface area (TPSA) is 105 Å². The summed E-state index contributed by atoms with van der Waals surface area (Å²) < 4.78 is 0. The van der Waals surface area contributed by atoms with Gasteiger partial charge in [-0.1, -0.05) is 12.8 Å². The van der Waals surface area contributed by atoms with Crippen molar-refractivity contribution in [3.8, 4) is 0 Å². The second-order valence-corrected chi connectivity index (χ2v) is 6.62. The maximum Gasteiger partial charge on any atom is 0.322 e. The van der Waals surface area contributed by atoms with E-state index >= 15 is 0 Å². The lowest BCUT2D eigenvalue weighted by atomic mass is 9.87. The number of rotatable bonds is 2. The first kappa shape index (κ1) is 14.3. The van der Waals surface area contributed by atoms with Crippen molar-refractivity contribution in [1.82, 2.24) is 15.5 Å². The molecular weight excluding hydrogens is 272 g/mol. The molecule has 0 radical (unpaired) electrons. The van der Waals surface area contributed by atoms with E-state index in [2.05, 4.69) is 10.6 Å². The van der Waals surface area contributed by atoms with E-state index in [-0.39, 0.29) is 17.4 Å². The van der Waals surface area contributed by atoms with Crippen LogP contribution < -0.4 is 16.4 Å². The van der Waals surface area contributed by atoms with Crippen molar-refractivity contribution in [2.75, 3.05) is 13.1 Å². The molecule has 0 aromatic heterocycles. The zero-order valence-corrected chi connectivity index (χ0v) is 12.1. The Hall–Kier alpha value is -1.63. The summed E-state index contributed by atoms with van der Waals surface area (Å²) in [6.07, 6.45) is 5.34. The smallest absolute Gasteiger partial charge is 0.322 e. The molecule has 0 bridgehead atoms. The Labute approximate surface area is 123 Å². The van der Waals surface area contributed by atoms with Crippen LogP contribution >= 0.6 is 0 Å². The van der Waals surface area contributed by atoms with Crippen LogP contribution in [0.1, 0.15) is 44.9 Å². The number of nitrogens with one attached hydrogen (secondary N) is 2. The molecule has 0 atom stereocenters. The highest BCUT2D eigenvalue weighted by Gasteiger charge is 2.48. The van der Waals surface area contributed by atoms with Gasteiger partial charge in [0.2, 0.25) is 5.91 Å². The largest absolute Gasteiger partial charge is 0.342 e. The molecule has 21 heavy (non-hydrogen) atoms. The normalized spacial score (nSPS) is 26.8. The van der Waals surface area contributed by atoms with Gasteiger partial charge in [0.1, 0.15) is 5.54 Å². The van der Waals surface area contributed by atoms with Crippen LogP contribution in [0.5, 0.6) is 0 Å². The first-order valence-electron chi connectivity index (χ1n) is 7.63. The van der Waals surface area contributed by atoms with E-state index in [4.69, 9.17) is 5.73 Å². The zero-order chi connectivity index (χ0) is 15.1. The fourth-order valence-corrected chi connectivity index (χ4v) is 3.69. The lowest BCUT2D eigenvalue weighted by Gasteiger charge is -2.38. The molecule has 2 heterocycles. The van der Waals surface area contributed by atoms with Crippen LogP contribution in [0.4, 0.5) is 4.79 Å². The summed E-state index contributed by atoms with van der Waals surface area (Å²) in [5.41, 5.74) is 5.09. The van der Waals surface area contributed by atoms with Crippen LogP contribution in [0, 0.1) is 0 Å². The molecule has 0 unspecified atom stereocenters. The molecular formula is C14H22N4O3. The molecule has 0 aromatic rings. The van der Waals surface area contributed by atoms with Crippen molar-refractivity contribution in [1.29, 1.82) is 0 Å². The van der Waals surface area contributed by atoms with Gasteiger partial charge in [-0.05, 0) is 25.7 Å². The second kappa shape index (κ2) is 4.98. The van der Waals surface area contributed by atoms with Gasteiger partial charge < -0.3 is 16.0 Å². The predicted octanol–water partition coefficient (Wildman–Crippen LogP) is -0.151. The number of piperidine rings is 1. The average Bonchev–Trinajstić information content (AvgIpc) is 2.95. The number of hydrogen-bond acceptors (Lipinski definition) is 4. The van der Waals surface area contributed by atoms with Gasteiger partial charge in [-0.25, -0.2) is 4.79 Å². The van der Waals surface area contributed by atoms with Crippen LogP contribution in [0.2, 0.25) is 0 Å². The van der Waals surface area contributed by atoms with Crippen molar-refractivity contribution >= 4 is 17.8 Å². The molecule has 3 aliphatic rings. The number of carbonyl (C=O) groups is 3. The minimum Gasteiger partial charge on any atom is -0.342 e. The van der Waals surface area contributed by atoms with Gasteiger partial charge in [0, 0.05) is 25.0 Å². The van der Waals surface area contributed by atoms with Crippen LogP contribution in [0.25, 0.3) is 0 Å². The highest BCUT2D eigenvalue weighted by atomic mass is 16.2. The Balaban J connectivity index is 1.57. The minimum absolute atomic E-state index is 0.0685. The van der Waals surface area contributed by atoms with Gasteiger partial charge in [0.05, 0.1) is 0 Å². The molecule has 1 aliphatic carbocycles. The number of amides is 4. The lowest BCUT2D eigenvalue weighted by Crippen LogP contribution is -2.56. The quantitative estimate of drug-likeness (QED) is 0.616. The molecule has 7 nitrogen and oxygen atoms in total. The van der Waals surface area contributed by atoms with Gasteiger partial charge in [-0.2, -0.15) is 0 Å². The molecule has 0 aromatic carbocycles. The first-order valence-corrected chi connectivity index (χ1v) is 7.63. The molecule has 2 aliphatic heterocycles. The molecule has 1 spiro atoms. The van der Waals surface area contributed by atoms with Crippen LogP contribution in [0.3, 0.4) is 0 Å². The third kappa shape index (κ3) is 2.62. The summed E-state index contributed by atoms with van der Waals surface area (Å²) in [6.45, 7) is 0.977. The number of imide groups is 1. The van der Waals surface area contributed by atoms with E-state index in [0.717, 1.165) is 25.7 Å². The summed E-state index contributed by atoms with van der Waals surface area (Å²) in [5.74, 6) is -0.204. The number of hydrogen-bond donors (Lipinski definition) is 3. The number of likely N-dealkylation sites (tertiary alicyclic amines) is 1. The standard InChI is InChI=1S/C14H22N4O3/c15-13(3-1-2-4-13)9-10(19)18-7-5-14(6-8-18)11(20)16-12(21)17-14/h1-9,15H2,(H2,16,17,20,21). The van der Waals surface area contributed by atoms with E-state index < -0.39 is 11.6 Å². The Bertz CT molecular complexity index is 477. The summed E-state index contributed by atoms with van der Waals surface area (Å²) >= 11 is 0. The molecule has 7 heteroatoms. The molecule has 4 amide bonds. The Morgan fingerprint density at radius 2 is 1.76 bits per heavy atom. The van der Waals surface area contributed by atoms with Gasteiger partial charge in [0.25, 0.3) is 5.91 Å². The maximum absolute atomic E-state index is 12.4. The molecule has 3 fully saturated rings. The van der Waals surface area contributed by atoms with E-state index in [1.54, 1.807) is 4.90 Å². The van der Waals surface area contributed by atoms with Crippen molar-refractivity contribution in [3.63, 3.8) is 0 Å². The van der Waals surface area contributed by atoms with Crippen LogP contribution in [0.15, 0.2) is 0 Å². The van der Waals surface area contributed by atoms with Crippen molar-refractivity contribution in [3.05, 3.63) is 0 Å². The van der Waals surface area contributed by atoms with E-state index in [1.165, 1.54) is 0 Å². The predicted molar refractivity (Wildman–Crippen MR) is 75.2 cm³/mol. The van der Waals surface area contributed by atoms with Gasteiger partial charge in [-0.3, -0.25) is 14.9 Å². The summed E-state index contributed by atoms with van der Waals surface area (Å²) in [4.78, 5) is 37.3. The van der Waals surface area contributed by atoms with E-state index in [1.807, 2.05) is 0 Å². The van der Waals surface area contributed by atoms with Crippen LogP contribution in [-0.4, -0.2) is 46.9 Å². The fourth-order valence-electron chi connectivity index (χ4n) is 3.69. The molecule has 2 saturated heterocycles. The third-order valence-corrected chi connectivity index (χ3v) is 5.09. The maximum atomic E-state index is 12.4. The highest BCUT2D eigenvalue weighted by Crippen LogP contribution is 2.32. The zero-order valence-electron chi connectivity index (χ0n) is 12.1. The van der Waals surface area contributed by atoms with Crippen molar-refractivity contribution in [2.45, 2.75) is 56.0 Å². The van der Waals surface area contributed by atoms with E-state index in [0.29, 0.717) is 32.4 Å². The minimum atomic E-state index is -0.818. The lowest BCUT2D eigenvalue weighted by molar-refractivity contribution is -0.136. The Kier molecular flexibility index (Phi) is 3.39. The molecule has 1 saturated carbocycles. The molecule has 3 rings (SSSR count). The molecule has 116 valence electrons. The third-order valence-electron chi connectivity index (χ3n) is 5.09. The Morgan fingerprint density at radius 3 is 2.29 bits per heavy atom. The van der Waals surface area contributed by atoms with Crippen molar-refractivity contribution < 1.29 is 14.4 Å². The van der Waals surface area contributed by atoms with Crippen molar-refractivity contribution in [2.24, 2.45) is 5.73 Å². The van der Waals surface area contributed by atoms with Crippen LogP contribution in [-0.2, 0) is 9.59 Å². The van der Waals surface area contributed by atoms with Gasteiger partial charge in [0.15, 0.2) is 0 Å². The number of nitrogens with zero attached hydrogens (tertiary/aromatic N) is 1. The summed E-state index contributed by atoms with van der Waals surface area (Å²) in [6, 6.07) is -0.438. The van der Waals surface area contributed by atoms with E-state index in [9.17, 15) is 14.4 Å². The second-order valence-electron chi connectivity index (χ2n) is 6.62. The van der Waals surface area contributed by atoms with Gasteiger partial charge in [-0.15, -0.1) is 0 Å². The number of nitrogens with two attached hydrogens (primary N) is 1. The monoisotopic (exact) mass is 294 g/mol. The summed E-state index contributed by atoms with van der Waals surface area (Å²) in [5, 5.41) is 4.97. The molecule has 4 N–H and O–H groups in total. The number of urea groups is 1. The highest BCUT2D eigenvalue weighted by molar-refractivity contribution is 6.07. The SMILES string of the molecule is NC1(CC(=O)N2CCC3(CC2)NC(=O)NC3=O)CCCC1. The first-order chi connectivity index (χ1) is 9.92. The summed E-state index contributed by atoms with van der Waals surface area (Å²) in [7, 11) is 0. The average molecular weight is 294 g/mol. The Morgan fingerprint density at radius 1 is 1.14 bits per heavy atom. The van der Waals surface area contributed by atoms with Gasteiger partial charge >= 0.3 is 6.03 Å².